The number of hydrogen-bond donors (Lipinski definition) is 0. The molecule has 0 saturated carbocycles. The second-order valence-corrected chi connectivity index (χ2v) is 4.01. The van der Waals surface area contributed by atoms with Gasteiger partial charge in [-0.1, -0.05) is 0 Å². The van der Waals surface area contributed by atoms with Crippen LogP contribution in [0.3, 0.4) is 0 Å². The lowest BCUT2D eigenvalue weighted by atomic mass is 10.2. The summed E-state index contributed by atoms with van der Waals surface area (Å²) in [5, 5.41) is 0. The van der Waals surface area contributed by atoms with Crippen molar-refractivity contribution in [3.05, 3.63) is 28.2 Å². The van der Waals surface area contributed by atoms with Gasteiger partial charge < -0.3 is 4.74 Å². The Labute approximate surface area is 103 Å². The van der Waals surface area contributed by atoms with Crippen molar-refractivity contribution < 1.29 is 27.1 Å². The van der Waals surface area contributed by atoms with Crippen molar-refractivity contribution in [2.75, 3.05) is 6.61 Å². The van der Waals surface area contributed by atoms with E-state index in [1.54, 1.807) is 0 Å². The molecule has 17 heavy (non-hydrogen) atoms. The van der Waals surface area contributed by atoms with Crippen LogP contribution in [0.15, 0.2) is 22.7 Å². The second-order valence-electron chi connectivity index (χ2n) is 3.15. The first kappa shape index (κ1) is 14.0. The van der Waals surface area contributed by atoms with Gasteiger partial charge in [0, 0.05) is 10.0 Å². The monoisotopic (exact) mass is 314 g/mol. The Kier molecular flexibility index (Phi) is 4.50. The summed E-state index contributed by atoms with van der Waals surface area (Å²) >= 11 is 3.01. The van der Waals surface area contributed by atoms with E-state index in [9.17, 15) is 22.4 Å². The lowest BCUT2D eigenvalue weighted by Crippen LogP contribution is -2.33. The fourth-order valence-electron chi connectivity index (χ4n) is 0.936. The lowest BCUT2D eigenvalue weighted by Gasteiger charge is -2.16. The van der Waals surface area contributed by atoms with E-state index >= 15 is 0 Å². The minimum Gasteiger partial charge on any atom is -0.487 e. The Morgan fingerprint density at radius 3 is 2.53 bits per heavy atom. The molecule has 0 saturated heterocycles. The van der Waals surface area contributed by atoms with Gasteiger partial charge in [-0.2, -0.15) is 8.78 Å². The van der Waals surface area contributed by atoms with Crippen LogP contribution >= 0.6 is 15.9 Å². The highest BCUT2D eigenvalue weighted by Crippen LogP contribution is 2.26. The molecule has 2 nitrogen and oxygen atoms in total. The minimum atomic E-state index is -4.20. The van der Waals surface area contributed by atoms with E-state index in [4.69, 9.17) is 0 Å². The topological polar surface area (TPSA) is 26.3 Å². The van der Waals surface area contributed by atoms with E-state index in [-0.39, 0.29) is 5.75 Å². The Morgan fingerprint density at radius 1 is 1.41 bits per heavy atom. The molecule has 0 aliphatic heterocycles. The molecule has 0 aliphatic rings. The van der Waals surface area contributed by atoms with Crippen LogP contribution in [0.2, 0.25) is 0 Å². The molecule has 0 bridgehead atoms. The van der Waals surface area contributed by atoms with Crippen molar-refractivity contribution in [3.63, 3.8) is 0 Å². The molecule has 0 unspecified atom stereocenters. The smallest absolute Gasteiger partial charge is 0.340 e. The Bertz CT molecular complexity index is 409. The predicted octanol–water partition coefficient (Wildman–Crippen LogP) is 3.54. The summed E-state index contributed by atoms with van der Waals surface area (Å²) in [5.41, 5.74) is 0.304. The molecule has 0 atom stereocenters. The molecule has 1 rings (SSSR count). The van der Waals surface area contributed by atoms with Crippen LogP contribution in [-0.2, 0) is 0 Å². The third-order valence-corrected chi connectivity index (χ3v) is 2.54. The van der Waals surface area contributed by atoms with Crippen molar-refractivity contribution in [3.8, 4) is 5.75 Å². The third kappa shape index (κ3) is 3.69. The normalized spacial score (nSPS) is 11.6. The van der Waals surface area contributed by atoms with Gasteiger partial charge in [-0.3, -0.25) is 4.79 Å². The molecule has 0 fully saturated rings. The fourth-order valence-corrected chi connectivity index (χ4v) is 1.39. The number of carbonyl (C=O) groups excluding carboxylic acids is 1. The van der Waals surface area contributed by atoms with Crippen LogP contribution in [0.4, 0.5) is 17.6 Å². The number of benzene rings is 1. The first-order valence-electron chi connectivity index (χ1n) is 4.40. The lowest BCUT2D eigenvalue weighted by molar-refractivity contribution is -0.148. The number of aldehydes is 1. The summed E-state index contributed by atoms with van der Waals surface area (Å²) in [6, 6.07) is 3.83. The fraction of sp³-hybridized carbons (Fsp3) is 0.300. The highest BCUT2D eigenvalue weighted by molar-refractivity contribution is 9.10. The maximum atomic E-state index is 12.5. The molecule has 7 heteroatoms. The van der Waals surface area contributed by atoms with Crippen LogP contribution in [-0.4, -0.2) is 25.2 Å². The van der Waals surface area contributed by atoms with Crippen molar-refractivity contribution in [2.45, 2.75) is 12.3 Å². The minimum absolute atomic E-state index is 0.0252. The Balaban J connectivity index is 2.71. The molecule has 1 aromatic carbocycles. The molecule has 0 radical (unpaired) electrons. The summed E-state index contributed by atoms with van der Waals surface area (Å²) in [6.07, 6.45) is -3.22. The summed E-state index contributed by atoms with van der Waals surface area (Å²) in [6.45, 7) is -1.42. The van der Waals surface area contributed by atoms with E-state index in [1.807, 2.05) is 0 Å². The maximum absolute atomic E-state index is 12.5. The van der Waals surface area contributed by atoms with Crippen molar-refractivity contribution in [2.24, 2.45) is 0 Å². The predicted molar refractivity (Wildman–Crippen MR) is 56.0 cm³/mol. The van der Waals surface area contributed by atoms with Crippen molar-refractivity contribution >= 4 is 22.2 Å². The summed E-state index contributed by atoms with van der Waals surface area (Å²) in [4.78, 5) is 10.5. The summed E-state index contributed by atoms with van der Waals surface area (Å²) in [7, 11) is 0. The summed E-state index contributed by atoms with van der Waals surface area (Å²) < 4.78 is 53.6. The first-order chi connectivity index (χ1) is 7.86. The van der Waals surface area contributed by atoms with Gasteiger partial charge in [0.25, 0.3) is 0 Å². The number of carbonyl (C=O) groups is 1. The molecule has 0 N–H and O–H groups in total. The summed E-state index contributed by atoms with van der Waals surface area (Å²) in [5.74, 6) is -4.22. The standard InChI is InChI=1S/C10H7BrF4O2/c11-8-3-7(2-1-6(8)4-16)17-5-10(14,15)9(12)13/h1-4,9H,5H2. The average Bonchev–Trinajstić information content (AvgIpc) is 2.26. The SMILES string of the molecule is O=Cc1ccc(OCC(F)(F)C(F)F)cc1Br. The number of halogens is 5. The number of ether oxygens (including phenoxy) is 1. The first-order valence-corrected chi connectivity index (χ1v) is 5.19. The van der Waals surface area contributed by atoms with Gasteiger partial charge in [0.2, 0.25) is 0 Å². The second kappa shape index (κ2) is 5.48. The maximum Gasteiger partial charge on any atom is 0.340 e. The van der Waals surface area contributed by atoms with Gasteiger partial charge in [-0.05, 0) is 34.1 Å². The number of hydrogen-bond acceptors (Lipinski definition) is 2. The largest absolute Gasteiger partial charge is 0.487 e. The van der Waals surface area contributed by atoms with Crippen LogP contribution in [0, 0.1) is 0 Å². The molecule has 0 amide bonds. The Hall–Kier alpha value is -1.11. The van der Waals surface area contributed by atoms with Crippen LogP contribution in [0.1, 0.15) is 10.4 Å². The molecular formula is C10H7BrF4O2. The van der Waals surface area contributed by atoms with E-state index in [0.717, 1.165) is 0 Å². The van der Waals surface area contributed by atoms with E-state index in [2.05, 4.69) is 20.7 Å². The molecule has 1 aromatic rings. The van der Waals surface area contributed by atoms with Crippen molar-refractivity contribution in [1.29, 1.82) is 0 Å². The Morgan fingerprint density at radius 2 is 2.06 bits per heavy atom. The van der Waals surface area contributed by atoms with Gasteiger partial charge in [-0.15, -0.1) is 0 Å². The number of alkyl halides is 4. The highest BCUT2D eigenvalue weighted by atomic mass is 79.9. The van der Waals surface area contributed by atoms with E-state index in [0.29, 0.717) is 16.3 Å². The molecular weight excluding hydrogens is 308 g/mol. The van der Waals surface area contributed by atoms with Crippen LogP contribution in [0.5, 0.6) is 5.75 Å². The van der Waals surface area contributed by atoms with E-state index in [1.165, 1.54) is 18.2 Å². The zero-order valence-electron chi connectivity index (χ0n) is 8.30. The van der Waals surface area contributed by atoms with Gasteiger partial charge >= 0.3 is 12.3 Å². The third-order valence-electron chi connectivity index (χ3n) is 1.85. The van der Waals surface area contributed by atoms with Gasteiger partial charge in [0.05, 0.1) is 0 Å². The quantitative estimate of drug-likeness (QED) is 0.614. The number of rotatable bonds is 5. The zero-order valence-corrected chi connectivity index (χ0v) is 9.89. The van der Waals surface area contributed by atoms with Crippen LogP contribution in [0.25, 0.3) is 0 Å². The highest BCUT2D eigenvalue weighted by Gasteiger charge is 2.41. The molecule has 0 spiro atoms. The molecule has 0 aromatic heterocycles. The van der Waals surface area contributed by atoms with Crippen LogP contribution < -0.4 is 4.74 Å². The molecule has 0 aliphatic carbocycles. The average molecular weight is 315 g/mol. The molecule has 0 heterocycles. The van der Waals surface area contributed by atoms with Crippen molar-refractivity contribution in [1.82, 2.24) is 0 Å². The van der Waals surface area contributed by atoms with Gasteiger partial charge in [-0.25, -0.2) is 8.78 Å². The van der Waals surface area contributed by atoms with E-state index < -0.39 is 19.0 Å². The molecule has 94 valence electrons. The zero-order chi connectivity index (χ0) is 13.1. The van der Waals surface area contributed by atoms with Gasteiger partial charge in [0.1, 0.15) is 5.75 Å². The van der Waals surface area contributed by atoms with Gasteiger partial charge in [0.15, 0.2) is 12.9 Å².